The molecule has 0 saturated carbocycles. The Morgan fingerprint density at radius 2 is 1.88 bits per heavy atom. The van der Waals surface area contributed by atoms with Crippen LogP contribution in [0.3, 0.4) is 0 Å². The van der Waals surface area contributed by atoms with Gasteiger partial charge in [0.25, 0.3) is 5.91 Å². The van der Waals surface area contributed by atoms with Crippen molar-refractivity contribution in [1.29, 1.82) is 0 Å². The van der Waals surface area contributed by atoms with E-state index < -0.39 is 12.0 Å². The summed E-state index contributed by atoms with van der Waals surface area (Å²) in [6.07, 6.45) is -0.203. The summed E-state index contributed by atoms with van der Waals surface area (Å²) in [6.45, 7) is 1.93. The van der Waals surface area contributed by atoms with E-state index in [1.165, 1.54) is 0 Å². The molecule has 24 heavy (non-hydrogen) atoms. The number of carboxylic acid groups (broad SMARTS) is 1. The van der Waals surface area contributed by atoms with Gasteiger partial charge in [-0.25, -0.2) is 0 Å². The number of carbonyl (C=O) groups is 2. The maximum Gasteiger partial charge on any atom is 0.305 e. The number of benzene rings is 2. The summed E-state index contributed by atoms with van der Waals surface area (Å²) in [4.78, 5) is 23.6. The van der Waals surface area contributed by atoms with Gasteiger partial charge in [0.1, 0.15) is 5.75 Å². The number of nitrogens with one attached hydrogen (secondary N) is 1. The lowest BCUT2D eigenvalue weighted by molar-refractivity contribution is -0.137. The number of halogens is 1. The fourth-order valence-electron chi connectivity index (χ4n) is 2.24. The number of hydrogen-bond donors (Lipinski definition) is 2. The summed E-state index contributed by atoms with van der Waals surface area (Å²) in [6, 6.07) is 11.6. The molecule has 0 heterocycles. The number of ether oxygens (including phenoxy) is 1. The Morgan fingerprint density at radius 3 is 2.42 bits per heavy atom. The lowest BCUT2D eigenvalue weighted by Gasteiger charge is -2.18. The lowest BCUT2D eigenvalue weighted by atomic mass is 10.0. The van der Waals surface area contributed by atoms with Crippen molar-refractivity contribution >= 4 is 27.8 Å². The Balaban J connectivity index is 2.22. The van der Waals surface area contributed by atoms with Crippen molar-refractivity contribution in [2.45, 2.75) is 19.4 Å². The van der Waals surface area contributed by atoms with Gasteiger partial charge in [-0.15, -0.1) is 0 Å². The number of aliphatic carboxylic acids is 1. The monoisotopic (exact) mass is 391 g/mol. The maximum absolute atomic E-state index is 12.4. The average Bonchev–Trinajstić information content (AvgIpc) is 2.56. The zero-order valence-electron chi connectivity index (χ0n) is 13.4. The standard InChI is InChI=1S/C18H18BrNO4/c1-11-3-4-13(9-15(11)19)18(23)20-16(10-17(21)22)12-5-7-14(24-2)8-6-12/h3-9,16H,10H2,1-2H3,(H,20,23)(H,21,22). The van der Waals surface area contributed by atoms with E-state index in [1.54, 1.807) is 43.5 Å². The summed E-state index contributed by atoms with van der Waals surface area (Å²) in [7, 11) is 1.56. The van der Waals surface area contributed by atoms with Gasteiger partial charge in [0.15, 0.2) is 0 Å². The first kappa shape index (κ1) is 18.0. The molecule has 2 rings (SSSR count). The summed E-state index contributed by atoms with van der Waals surface area (Å²) in [5.74, 6) is -0.638. The van der Waals surface area contributed by atoms with E-state index in [9.17, 15) is 9.59 Å². The van der Waals surface area contributed by atoms with Crippen LogP contribution in [0.4, 0.5) is 0 Å². The second-order valence-corrected chi connectivity index (χ2v) is 6.22. The van der Waals surface area contributed by atoms with Crippen molar-refractivity contribution in [3.05, 3.63) is 63.6 Å². The van der Waals surface area contributed by atoms with E-state index in [1.807, 2.05) is 13.0 Å². The van der Waals surface area contributed by atoms with Gasteiger partial charge < -0.3 is 15.2 Å². The minimum Gasteiger partial charge on any atom is -0.497 e. The van der Waals surface area contributed by atoms with Crippen LogP contribution < -0.4 is 10.1 Å². The van der Waals surface area contributed by atoms with Gasteiger partial charge in [-0.2, -0.15) is 0 Å². The lowest BCUT2D eigenvalue weighted by Crippen LogP contribution is -2.30. The van der Waals surface area contributed by atoms with Crippen LogP contribution in [0.2, 0.25) is 0 Å². The molecule has 126 valence electrons. The molecule has 2 aromatic carbocycles. The minimum atomic E-state index is -0.985. The quantitative estimate of drug-likeness (QED) is 0.786. The SMILES string of the molecule is COc1ccc(C(CC(=O)O)NC(=O)c2ccc(C)c(Br)c2)cc1. The third-order valence-electron chi connectivity index (χ3n) is 3.64. The highest BCUT2D eigenvalue weighted by atomic mass is 79.9. The van der Waals surface area contributed by atoms with E-state index in [0.29, 0.717) is 16.9 Å². The first-order valence-electron chi connectivity index (χ1n) is 7.33. The van der Waals surface area contributed by atoms with Crippen LogP contribution in [0, 0.1) is 6.92 Å². The first-order chi connectivity index (χ1) is 11.4. The van der Waals surface area contributed by atoms with Crippen LogP contribution in [0.15, 0.2) is 46.9 Å². The molecule has 2 aromatic rings. The Hall–Kier alpha value is -2.34. The fraction of sp³-hybridized carbons (Fsp3) is 0.222. The number of carboxylic acids is 1. The zero-order chi connectivity index (χ0) is 17.7. The zero-order valence-corrected chi connectivity index (χ0v) is 15.0. The van der Waals surface area contributed by atoms with Crippen molar-refractivity contribution in [2.24, 2.45) is 0 Å². The van der Waals surface area contributed by atoms with E-state index in [2.05, 4.69) is 21.2 Å². The van der Waals surface area contributed by atoms with Crippen molar-refractivity contribution in [1.82, 2.24) is 5.32 Å². The number of methoxy groups -OCH3 is 1. The Labute approximate surface area is 148 Å². The average molecular weight is 392 g/mol. The molecule has 0 aliphatic heterocycles. The van der Waals surface area contributed by atoms with Crippen LogP contribution in [0.1, 0.15) is 33.9 Å². The molecular weight excluding hydrogens is 374 g/mol. The largest absolute Gasteiger partial charge is 0.497 e. The molecule has 0 radical (unpaired) electrons. The molecule has 6 heteroatoms. The van der Waals surface area contributed by atoms with Crippen molar-refractivity contribution in [3.8, 4) is 5.75 Å². The summed E-state index contributed by atoms with van der Waals surface area (Å²) in [5.41, 5.74) is 2.19. The Bertz CT molecular complexity index is 743. The highest BCUT2D eigenvalue weighted by Gasteiger charge is 2.19. The smallest absolute Gasteiger partial charge is 0.305 e. The van der Waals surface area contributed by atoms with Crippen molar-refractivity contribution < 1.29 is 19.4 Å². The summed E-state index contributed by atoms with van der Waals surface area (Å²) >= 11 is 3.39. The van der Waals surface area contributed by atoms with E-state index in [0.717, 1.165) is 10.0 Å². The van der Waals surface area contributed by atoms with Gasteiger partial charge in [0.05, 0.1) is 19.6 Å². The van der Waals surface area contributed by atoms with Crippen LogP contribution in [0.5, 0.6) is 5.75 Å². The van der Waals surface area contributed by atoms with Crippen LogP contribution in [-0.4, -0.2) is 24.1 Å². The van der Waals surface area contributed by atoms with Gasteiger partial charge in [-0.3, -0.25) is 9.59 Å². The van der Waals surface area contributed by atoms with Crippen LogP contribution in [0.25, 0.3) is 0 Å². The number of carbonyl (C=O) groups excluding carboxylic acids is 1. The molecule has 1 unspecified atom stereocenters. The molecule has 0 fully saturated rings. The molecule has 0 aliphatic rings. The van der Waals surface area contributed by atoms with Gasteiger partial charge in [0.2, 0.25) is 0 Å². The molecule has 1 amide bonds. The predicted molar refractivity (Wildman–Crippen MR) is 94.3 cm³/mol. The molecule has 0 spiro atoms. The van der Waals surface area contributed by atoms with Crippen molar-refractivity contribution in [2.75, 3.05) is 7.11 Å². The van der Waals surface area contributed by atoms with E-state index in [4.69, 9.17) is 9.84 Å². The topological polar surface area (TPSA) is 75.6 Å². The van der Waals surface area contributed by atoms with Crippen LogP contribution >= 0.6 is 15.9 Å². The fourth-order valence-corrected chi connectivity index (χ4v) is 2.62. The first-order valence-corrected chi connectivity index (χ1v) is 8.12. The Kier molecular flexibility index (Phi) is 5.98. The third-order valence-corrected chi connectivity index (χ3v) is 4.49. The van der Waals surface area contributed by atoms with Crippen LogP contribution in [-0.2, 0) is 4.79 Å². The minimum absolute atomic E-state index is 0.203. The third kappa shape index (κ3) is 4.58. The number of aryl methyl sites for hydroxylation is 1. The molecular formula is C18H18BrNO4. The van der Waals surface area contributed by atoms with E-state index >= 15 is 0 Å². The molecule has 0 aromatic heterocycles. The van der Waals surface area contributed by atoms with Gasteiger partial charge in [-0.1, -0.05) is 34.1 Å². The second-order valence-electron chi connectivity index (χ2n) is 5.36. The summed E-state index contributed by atoms with van der Waals surface area (Å²) in [5, 5.41) is 11.9. The molecule has 1 atom stereocenters. The normalized spacial score (nSPS) is 11.6. The predicted octanol–water partition coefficient (Wildman–Crippen LogP) is 3.71. The molecule has 0 saturated heterocycles. The maximum atomic E-state index is 12.4. The van der Waals surface area contributed by atoms with Gasteiger partial charge >= 0.3 is 5.97 Å². The highest BCUT2D eigenvalue weighted by Crippen LogP contribution is 2.22. The second kappa shape index (κ2) is 7.97. The summed E-state index contributed by atoms with van der Waals surface area (Å²) < 4.78 is 5.92. The van der Waals surface area contributed by atoms with Crippen molar-refractivity contribution in [3.63, 3.8) is 0 Å². The molecule has 2 N–H and O–H groups in total. The van der Waals surface area contributed by atoms with Gasteiger partial charge in [0, 0.05) is 10.0 Å². The molecule has 5 nitrogen and oxygen atoms in total. The number of rotatable bonds is 6. The Morgan fingerprint density at radius 1 is 1.21 bits per heavy atom. The van der Waals surface area contributed by atoms with Gasteiger partial charge in [-0.05, 0) is 42.3 Å². The highest BCUT2D eigenvalue weighted by molar-refractivity contribution is 9.10. The number of amides is 1. The van der Waals surface area contributed by atoms with E-state index in [-0.39, 0.29) is 12.3 Å². The molecule has 0 aliphatic carbocycles. The molecule has 0 bridgehead atoms. The number of hydrogen-bond acceptors (Lipinski definition) is 3.